The van der Waals surface area contributed by atoms with Crippen LogP contribution in [-0.2, 0) is 19.7 Å². The molecule has 1 saturated carbocycles. The van der Waals surface area contributed by atoms with Gasteiger partial charge in [0.15, 0.2) is 5.78 Å². The summed E-state index contributed by atoms with van der Waals surface area (Å²) in [6.07, 6.45) is 6.31. The second kappa shape index (κ2) is 6.76. The fraction of sp³-hybridized carbons (Fsp3) is 0.333. The molecule has 2 aliphatic carbocycles. The van der Waals surface area contributed by atoms with Crippen LogP contribution in [0.2, 0.25) is 0 Å². The number of carbonyl (C=O) groups excluding carboxylic acids is 2. The minimum Gasteiger partial charge on any atom is -0.497 e. The number of rotatable bonds is 3. The van der Waals surface area contributed by atoms with Crippen molar-refractivity contribution >= 4 is 23.4 Å². The molecular weight excluding hydrogens is 352 g/mol. The normalized spacial score (nSPS) is 28.0. The Morgan fingerprint density at radius 3 is 2.50 bits per heavy atom. The van der Waals surface area contributed by atoms with Crippen molar-refractivity contribution in [2.24, 2.45) is 0 Å². The van der Waals surface area contributed by atoms with E-state index >= 15 is 0 Å². The minimum absolute atomic E-state index is 0.246. The summed E-state index contributed by atoms with van der Waals surface area (Å²) in [5.74, 6) is -0.0855. The van der Waals surface area contributed by atoms with Gasteiger partial charge in [0, 0.05) is 5.57 Å². The van der Waals surface area contributed by atoms with Crippen molar-refractivity contribution in [3.05, 3.63) is 65.8 Å². The van der Waals surface area contributed by atoms with E-state index in [9.17, 15) is 9.59 Å². The van der Waals surface area contributed by atoms with Crippen LogP contribution in [0.4, 0.5) is 0 Å². The molecular formula is C21H21ClO4. The molecule has 0 radical (unpaired) electrons. The van der Waals surface area contributed by atoms with Crippen LogP contribution in [0.5, 0.6) is 5.75 Å². The first-order valence-electron chi connectivity index (χ1n) is 8.38. The number of methoxy groups -OCH3 is 2. The zero-order valence-electron chi connectivity index (χ0n) is 14.9. The van der Waals surface area contributed by atoms with Crippen LogP contribution in [0, 0.1) is 0 Å². The van der Waals surface area contributed by atoms with E-state index in [2.05, 4.69) is 6.58 Å². The molecule has 1 aromatic rings. The summed E-state index contributed by atoms with van der Waals surface area (Å²) >= 11 is 6.70. The van der Waals surface area contributed by atoms with Crippen LogP contribution in [0.15, 0.2) is 60.2 Å². The minimum atomic E-state index is -1.28. The largest absolute Gasteiger partial charge is 0.497 e. The Balaban J connectivity index is 2.29. The van der Waals surface area contributed by atoms with Gasteiger partial charge in [-0.25, -0.2) is 0 Å². The van der Waals surface area contributed by atoms with Crippen molar-refractivity contribution in [2.45, 2.75) is 29.6 Å². The summed E-state index contributed by atoms with van der Waals surface area (Å²) in [5.41, 5.74) is 0.466. The average molecular weight is 373 g/mol. The Morgan fingerprint density at radius 1 is 1.19 bits per heavy atom. The zero-order chi connectivity index (χ0) is 18.9. The van der Waals surface area contributed by atoms with Gasteiger partial charge in [0.05, 0.1) is 14.2 Å². The van der Waals surface area contributed by atoms with Gasteiger partial charge in [-0.3, -0.25) is 9.59 Å². The Kier molecular flexibility index (Phi) is 4.80. The van der Waals surface area contributed by atoms with Crippen LogP contribution >= 0.6 is 11.6 Å². The molecule has 1 fully saturated rings. The third-order valence-corrected chi connectivity index (χ3v) is 5.57. The predicted octanol–water partition coefficient (Wildman–Crippen LogP) is 3.89. The van der Waals surface area contributed by atoms with Crippen molar-refractivity contribution < 1.29 is 19.1 Å². The third-order valence-electron chi connectivity index (χ3n) is 5.11. The Labute approximate surface area is 158 Å². The third kappa shape index (κ3) is 2.78. The van der Waals surface area contributed by atoms with Gasteiger partial charge in [-0.2, -0.15) is 0 Å². The Hall–Kier alpha value is -2.33. The van der Waals surface area contributed by atoms with Crippen LogP contribution in [0.3, 0.4) is 0 Å². The monoisotopic (exact) mass is 372 g/mol. The summed E-state index contributed by atoms with van der Waals surface area (Å²) in [6.45, 7) is 4.10. The molecule has 4 nitrogen and oxygen atoms in total. The van der Waals surface area contributed by atoms with E-state index in [1.54, 1.807) is 43.5 Å². The summed E-state index contributed by atoms with van der Waals surface area (Å²) in [7, 11) is 2.90. The Bertz CT molecular complexity index is 821. The smallest absolute Gasteiger partial charge is 0.321 e. The van der Waals surface area contributed by atoms with E-state index in [-0.39, 0.29) is 12.2 Å². The summed E-state index contributed by atoms with van der Waals surface area (Å²) in [4.78, 5) is 25.3. The van der Waals surface area contributed by atoms with Crippen molar-refractivity contribution in [1.82, 2.24) is 0 Å². The van der Waals surface area contributed by atoms with Crippen molar-refractivity contribution in [1.29, 1.82) is 0 Å². The fourth-order valence-electron chi connectivity index (χ4n) is 3.85. The number of fused-ring (bicyclic) bond motifs is 2. The van der Waals surface area contributed by atoms with Crippen LogP contribution in [0.1, 0.15) is 24.8 Å². The molecule has 0 heterocycles. The lowest BCUT2D eigenvalue weighted by atomic mass is 9.69. The van der Waals surface area contributed by atoms with Gasteiger partial charge in [0.25, 0.3) is 0 Å². The van der Waals surface area contributed by atoms with Crippen molar-refractivity contribution in [3.63, 3.8) is 0 Å². The SMILES string of the molecule is C=C1C[C@@]2(Cl)CC=CC=C(C2=O)[C@@](C(=O)OC)(c2ccc(OC)cc2)C1. The van der Waals surface area contributed by atoms with E-state index in [1.807, 2.05) is 6.08 Å². The van der Waals surface area contributed by atoms with E-state index in [4.69, 9.17) is 21.1 Å². The highest BCUT2D eigenvalue weighted by atomic mass is 35.5. The highest BCUT2D eigenvalue weighted by molar-refractivity contribution is 6.39. The molecule has 2 aliphatic rings. The number of hydrogen-bond acceptors (Lipinski definition) is 4. The lowest BCUT2D eigenvalue weighted by molar-refractivity contribution is -0.146. The van der Waals surface area contributed by atoms with E-state index in [0.717, 1.165) is 5.57 Å². The predicted molar refractivity (Wildman–Crippen MR) is 100 cm³/mol. The van der Waals surface area contributed by atoms with Gasteiger partial charge in [-0.15, -0.1) is 11.6 Å². The molecule has 2 atom stereocenters. The van der Waals surface area contributed by atoms with Gasteiger partial charge in [-0.1, -0.05) is 42.5 Å². The molecule has 0 spiro atoms. The maximum Gasteiger partial charge on any atom is 0.321 e. The number of carbonyl (C=O) groups is 2. The highest BCUT2D eigenvalue weighted by Crippen LogP contribution is 2.49. The average Bonchev–Trinajstić information content (AvgIpc) is 2.83. The number of halogens is 1. The van der Waals surface area contributed by atoms with E-state index < -0.39 is 16.3 Å². The molecule has 0 saturated heterocycles. The van der Waals surface area contributed by atoms with Crippen LogP contribution in [0.25, 0.3) is 0 Å². The standard InChI is InChI=1S/C21H21ClO4/c1-14-12-20(22)11-5-4-6-17(18(20)23)21(13-14,19(24)26-3)15-7-9-16(25-2)10-8-15/h4-10H,1,11-13H2,2-3H3/t20-,21-/m0/s1. The first-order valence-corrected chi connectivity index (χ1v) is 8.76. The molecule has 2 bridgehead atoms. The summed E-state index contributed by atoms with van der Waals surface area (Å²) < 4.78 is 10.4. The topological polar surface area (TPSA) is 52.6 Å². The van der Waals surface area contributed by atoms with E-state index in [1.165, 1.54) is 7.11 Å². The molecule has 1 aromatic carbocycles. The van der Waals surface area contributed by atoms with Gasteiger partial charge in [-0.05, 0) is 37.0 Å². The molecule has 0 aromatic heterocycles. The highest BCUT2D eigenvalue weighted by Gasteiger charge is 2.55. The van der Waals surface area contributed by atoms with Gasteiger partial charge in [0.1, 0.15) is 16.0 Å². The molecule has 136 valence electrons. The van der Waals surface area contributed by atoms with Gasteiger partial charge >= 0.3 is 5.97 Å². The molecule has 0 aliphatic heterocycles. The molecule has 0 N–H and O–H groups in total. The first kappa shape index (κ1) is 18.5. The second-order valence-electron chi connectivity index (χ2n) is 6.74. The number of ether oxygens (including phenoxy) is 2. The van der Waals surface area contributed by atoms with Crippen LogP contribution < -0.4 is 4.74 Å². The molecule has 26 heavy (non-hydrogen) atoms. The zero-order valence-corrected chi connectivity index (χ0v) is 15.6. The van der Waals surface area contributed by atoms with Crippen molar-refractivity contribution in [3.8, 4) is 5.75 Å². The van der Waals surface area contributed by atoms with Gasteiger partial charge in [0.2, 0.25) is 0 Å². The second-order valence-corrected chi connectivity index (χ2v) is 7.46. The van der Waals surface area contributed by atoms with Gasteiger partial charge < -0.3 is 9.47 Å². The molecule has 0 amide bonds. The van der Waals surface area contributed by atoms with Crippen LogP contribution in [-0.4, -0.2) is 30.8 Å². The fourth-order valence-corrected chi connectivity index (χ4v) is 4.23. The molecule has 3 rings (SSSR count). The number of ketones is 1. The number of alkyl halides is 1. The number of allylic oxidation sites excluding steroid dienone is 4. The lowest BCUT2D eigenvalue weighted by Crippen LogP contribution is -2.43. The number of hydrogen-bond donors (Lipinski definition) is 0. The summed E-state index contributed by atoms with van der Waals surface area (Å²) in [6, 6.07) is 7.10. The quantitative estimate of drug-likeness (QED) is 0.459. The van der Waals surface area contributed by atoms with E-state index in [0.29, 0.717) is 29.7 Å². The number of Topliss-reactive ketones (excluding diaryl/α,β-unsaturated/α-hetero) is 1. The maximum atomic E-state index is 13.3. The lowest BCUT2D eigenvalue weighted by Gasteiger charge is -2.33. The molecule has 5 heteroatoms. The molecule has 0 unspecified atom stereocenters. The summed E-state index contributed by atoms with van der Waals surface area (Å²) in [5, 5.41) is 0. The first-order chi connectivity index (χ1) is 12.4. The number of esters is 1. The Morgan fingerprint density at radius 2 is 1.88 bits per heavy atom. The maximum absolute atomic E-state index is 13.3. The number of benzene rings is 1. The van der Waals surface area contributed by atoms with Crippen molar-refractivity contribution in [2.75, 3.05) is 14.2 Å².